The Morgan fingerprint density at radius 3 is 2.49 bits per heavy atom. The van der Waals surface area contributed by atoms with Crippen molar-refractivity contribution in [2.75, 3.05) is 46.5 Å². The molecule has 1 amide bonds. The number of amides is 1. The second-order valence-corrected chi connectivity index (χ2v) is 10.2. The number of hydrogen-bond donors (Lipinski definition) is 1. The number of benzene rings is 2. The third kappa shape index (κ3) is 5.25. The third-order valence-electron chi connectivity index (χ3n) is 7.01. The Kier molecular flexibility index (Phi) is 7.82. The summed E-state index contributed by atoms with van der Waals surface area (Å²) >= 11 is -2.20. The largest absolute Gasteiger partial charge is 0.379 e. The van der Waals surface area contributed by atoms with Crippen molar-refractivity contribution in [3.8, 4) is 16.9 Å². The van der Waals surface area contributed by atoms with E-state index in [1.807, 2.05) is 31.2 Å². The van der Waals surface area contributed by atoms with Gasteiger partial charge in [0.25, 0.3) is 5.91 Å². The summed E-state index contributed by atoms with van der Waals surface area (Å²) in [6.07, 6.45) is 0.846. The van der Waals surface area contributed by atoms with E-state index >= 15 is 0 Å². The molecule has 0 bridgehead atoms. The lowest BCUT2D eigenvalue weighted by Gasteiger charge is -2.38. The van der Waals surface area contributed by atoms with Crippen LogP contribution in [-0.2, 0) is 33.5 Å². The molecule has 2 aliphatic heterocycles. The molecule has 1 N–H and O–H groups in total. The van der Waals surface area contributed by atoms with Gasteiger partial charge in [-0.25, -0.2) is 8.89 Å². The minimum atomic E-state index is -2.20. The maximum absolute atomic E-state index is 13.6. The van der Waals surface area contributed by atoms with Gasteiger partial charge in [-0.15, -0.1) is 0 Å². The fraction of sp³-hybridized carbons (Fsp3) is 0.407. The van der Waals surface area contributed by atoms with E-state index in [0.717, 1.165) is 30.9 Å². The summed E-state index contributed by atoms with van der Waals surface area (Å²) in [4.78, 5) is 17.9. The number of carbonyl (C=O) groups excluding carboxylic acids is 1. The van der Waals surface area contributed by atoms with Crippen LogP contribution in [0.5, 0.6) is 0 Å². The van der Waals surface area contributed by atoms with Gasteiger partial charge in [-0.2, -0.15) is 5.10 Å². The second kappa shape index (κ2) is 11.2. The summed E-state index contributed by atoms with van der Waals surface area (Å²) in [5.74, 6) is -0.148. The molecule has 3 aromatic rings. The molecule has 10 heteroatoms. The Balaban J connectivity index is 1.56. The number of rotatable bonds is 8. The molecule has 3 heterocycles. The summed E-state index contributed by atoms with van der Waals surface area (Å²) < 4.78 is 34.8. The van der Waals surface area contributed by atoms with Gasteiger partial charge in [0.05, 0.1) is 35.6 Å². The highest BCUT2D eigenvalue weighted by atomic mass is 32.2. The zero-order chi connectivity index (χ0) is 25.9. The van der Waals surface area contributed by atoms with Gasteiger partial charge >= 0.3 is 0 Å². The first-order valence-electron chi connectivity index (χ1n) is 12.5. The predicted octanol–water partition coefficient (Wildman–Crippen LogP) is 2.99. The van der Waals surface area contributed by atoms with Crippen molar-refractivity contribution in [1.82, 2.24) is 19.6 Å². The first-order valence-corrected chi connectivity index (χ1v) is 13.6. The number of carbonyl (C=O) groups is 1. The smallest absolute Gasteiger partial charge is 0.274 e. The SMILES string of the molecule is CCc1c(C(=O)N2CCOCC2)nn(-c2ccc(CN3CC(OC)C3)cc2)c1-c1ccccc1S(=O)O. The van der Waals surface area contributed by atoms with Crippen molar-refractivity contribution in [1.29, 1.82) is 0 Å². The summed E-state index contributed by atoms with van der Waals surface area (Å²) in [6.45, 7) is 6.66. The van der Waals surface area contributed by atoms with Gasteiger partial charge in [0, 0.05) is 51.0 Å². The number of likely N-dealkylation sites (tertiary alicyclic amines) is 1. The van der Waals surface area contributed by atoms with Crippen molar-refractivity contribution < 1.29 is 23.0 Å². The maximum atomic E-state index is 13.6. The Morgan fingerprint density at radius 2 is 1.84 bits per heavy atom. The number of nitrogens with zero attached hydrogens (tertiary/aromatic N) is 4. The molecule has 2 aromatic carbocycles. The molecule has 2 saturated heterocycles. The van der Waals surface area contributed by atoms with Crippen LogP contribution >= 0.6 is 0 Å². The van der Waals surface area contributed by atoms with Gasteiger partial charge in [0.2, 0.25) is 0 Å². The van der Waals surface area contributed by atoms with Crippen LogP contribution in [0.3, 0.4) is 0 Å². The third-order valence-corrected chi connectivity index (χ3v) is 7.74. The molecule has 9 nitrogen and oxygen atoms in total. The van der Waals surface area contributed by atoms with Crippen LogP contribution in [0.1, 0.15) is 28.5 Å². The summed E-state index contributed by atoms with van der Waals surface area (Å²) in [7, 11) is 1.74. The molecule has 1 atom stereocenters. The normalized spacial score (nSPS) is 17.5. The second-order valence-electron chi connectivity index (χ2n) is 9.31. The molecule has 5 rings (SSSR count). The average Bonchev–Trinajstić information content (AvgIpc) is 3.30. The molecule has 37 heavy (non-hydrogen) atoms. The highest BCUT2D eigenvalue weighted by Crippen LogP contribution is 2.34. The fourth-order valence-corrected chi connectivity index (χ4v) is 5.50. The van der Waals surface area contributed by atoms with Gasteiger partial charge in [0.15, 0.2) is 16.8 Å². The first-order chi connectivity index (χ1) is 18.0. The Bertz CT molecular complexity index is 1280. The van der Waals surface area contributed by atoms with Crippen molar-refractivity contribution >= 4 is 17.0 Å². The molecule has 1 aromatic heterocycles. The van der Waals surface area contributed by atoms with Gasteiger partial charge in [-0.3, -0.25) is 9.69 Å². The van der Waals surface area contributed by atoms with E-state index in [-0.39, 0.29) is 10.8 Å². The minimum absolute atomic E-state index is 0.148. The molecular weight excluding hydrogens is 492 g/mol. The molecule has 1 unspecified atom stereocenters. The monoisotopic (exact) mass is 524 g/mol. The molecule has 0 saturated carbocycles. The van der Waals surface area contributed by atoms with Crippen LogP contribution in [0.2, 0.25) is 0 Å². The summed E-state index contributed by atoms with van der Waals surface area (Å²) in [5.41, 5.74) is 4.33. The van der Waals surface area contributed by atoms with Crippen molar-refractivity contribution in [2.24, 2.45) is 0 Å². The number of aromatic nitrogens is 2. The topological polar surface area (TPSA) is 97.1 Å². The van der Waals surface area contributed by atoms with E-state index in [9.17, 15) is 13.6 Å². The highest BCUT2D eigenvalue weighted by molar-refractivity contribution is 7.79. The van der Waals surface area contributed by atoms with Crippen LogP contribution in [0, 0.1) is 0 Å². The number of ether oxygens (including phenoxy) is 2. The van der Waals surface area contributed by atoms with E-state index in [2.05, 4.69) is 17.0 Å². The average molecular weight is 525 g/mol. The van der Waals surface area contributed by atoms with Gasteiger partial charge in [0.1, 0.15) is 0 Å². The van der Waals surface area contributed by atoms with Gasteiger partial charge in [-0.1, -0.05) is 37.3 Å². The zero-order valence-corrected chi connectivity index (χ0v) is 21.9. The van der Waals surface area contributed by atoms with Crippen LogP contribution in [0.15, 0.2) is 53.4 Å². The van der Waals surface area contributed by atoms with Crippen molar-refractivity contribution in [2.45, 2.75) is 30.9 Å². The molecule has 2 fully saturated rings. The molecule has 2 aliphatic rings. The molecule has 0 aliphatic carbocycles. The first kappa shape index (κ1) is 25.7. The molecule has 0 radical (unpaired) electrons. The number of morpholine rings is 1. The van der Waals surface area contributed by atoms with Crippen LogP contribution in [0.25, 0.3) is 16.9 Å². The van der Waals surface area contributed by atoms with Gasteiger partial charge < -0.3 is 18.9 Å². The summed E-state index contributed by atoms with van der Waals surface area (Å²) in [5, 5.41) is 4.82. The van der Waals surface area contributed by atoms with E-state index in [1.165, 1.54) is 5.56 Å². The Labute approximate surface area is 219 Å². The fourth-order valence-electron chi connectivity index (χ4n) is 4.95. The van der Waals surface area contributed by atoms with E-state index in [0.29, 0.717) is 55.8 Å². The van der Waals surface area contributed by atoms with Gasteiger partial charge in [-0.05, 0) is 30.2 Å². The minimum Gasteiger partial charge on any atom is -0.379 e. The Hall–Kier alpha value is -2.89. The van der Waals surface area contributed by atoms with Crippen molar-refractivity contribution in [3.63, 3.8) is 0 Å². The standard InChI is InChI=1S/C27H32N4O5S/c1-3-22-25(27(32)30-12-14-36-15-13-30)28-31(26(22)23-6-4-5-7-24(23)37(33)34)20-10-8-19(9-11-20)16-29-17-21(18-29)35-2/h4-11,21H,3,12-18H2,1-2H3,(H,33,34). The van der Waals surface area contributed by atoms with Crippen LogP contribution < -0.4 is 0 Å². The zero-order valence-electron chi connectivity index (χ0n) is 21.1. The highest BCUT2D eigenvalue weighted by Gasteiger charge is 2.30. The van der Waals surface area contributed by atoms with Crippen molar-refractivity contribution in [3.05, 3.63) is 65.4 Å². The molecule has 0 spiro atoms. The summed E-state index contributed by atoms with van der Waals surface area (Å²) in [6, 6.07) is 15.1. The van der Waals surface area contributed by atoms with E-state index in [1.54, 1.807) is 28.8 Å². The number of methoxy groups -OCH3 is 1. The van der Waals surface area contributed by atoms with E-state index in [4.69, 9.17) is 14.6 Å². The van der Waals surface area contributed by atoms with Crippen LogP contribution in [0.4, 0.5) is 0 Å². The molecule has 196 valence electrons. The van der Waals surface area contributed by atoms with Crippen LogP contribution in [-0.4, -0.2) is 86.9 Å². The molecular formula is C27H32N4O5S. The maximum Gasteiger partial charge on any atom is 0.274 e. The lowest BCUT2D eigenvalue weighted by atomic mass is 10.0. The van der Waals surface area contributed by atoms with E-state index < -0.39 is 11.1 Å². The number of hydrogen-bond acceptors (Lipinski definition) is 6. The predicted molar refractivity (Wildman–Crippen MR) is 140 cm³/mol. The Morgan fingerprint density at radius 1 is 1.14 bits per heavy atom. The lowest BCUT2D eigenvalue weighted by molar-refractivity contribution is -0.0333. The lowest BCUT2D eigenvalue weighted by Crippen LogP contribution is -2.50. The quantitative estimate of drug-likeness (QED) is 0.453.